The summed E-state index contributed by atoms with van der Waals surface area (Å²) in [4.78, 5) is 0. The molecule has 0 bridgehead atoms. The normalized spacial score (nSPS) is 12.0. The van der Waals surface area contributed by atoms with E-state index in [-0.39, 0.29) is 26.2 Å². The summed E-state index contributed by atoms with van der Waals surface area (Å²) in [6, 6.07) is 0. The number of halogens is 3. The van der Waals surface area contributed by atoms with Gasteiger partial charge in [-0.3, -0.25) is 4.74 Å². The number of rotatable bonds is 6. The maximum absolute atomic E-state index is 11.3. The second-order valence-electron chi connectivity index (χ2n) is 1.98. The van der Waals surface area contributed by atoms with Gasteiger partial charge in [0.25, 0.3) is 0 Å². The van der Waals surface area contributed by atoms with E-state index in [1.54, 1.807) is 0 Å². The van der Waals surface area contributed by atoms with Crippen LogP contribution in [0.25, 0.3) is 0 Å². The van der Waals surface area contributed by atoms with Gasteiger partial charge >= 0.3 is 6.36 Å². The molecule has 0 aromatic carbocycles. The van der Waals surface area contributed by atoms with Crippen molar-refractivity contribution in [3.63, 3.8) is 0 Å². The predicted octanol–water partition coefficient (Wildman–Crippen LogP) is 0.922. The number of alkyl halides is 3. The van der Waals surface area contributed by atoms with E-state index in [9.17, 15) is 13.2 Å². The Morgan fingerprint density at radius 3 is 2.25 bits per heavy atom. The van der Waals surface area contributed by atoms with Crippen LogP contribution in [0.2, 0.25) is 0 Å². The van der Waals surface area contributed by atoms with E-state index in [4.69, 9.17) is 9.84 Å². The van der Waals surface area contributed by atoms with Crippen molar-refractivity contribution in [2.45, 2.75) is 12.8 Å². The third-order valence-corrected chi connectivity index (χ3v) is 0.934. The Morgan fingerprint density at radius 1 is 1.08 bits per heavy atom. The van der Waals surface area contributed by atoms with Crippen molar-refractivity contribution in [1.82, 2.24) is 0 Å². The van der Waals surface area contributed by atoms with E-state index >= 15 is 0 Å². The van der Waals surface area contributed by atoms with Gasteiger partial charge < -0.3 is 9.84 Å². The molecule has 0 heterocycles. The molecule has 74 valence electrons. The van der Waals surface area contributed by atoms with Crippen LogP contribution in [0, 0.1) is 0 Å². The summed E-state index contributed by atoms with van der Waals surface area (Å²) >= 11 is 0. The van der Waals surface area contributed by atoms with Crippen LogP contribution in [-0.4, -0.2) is 37.9 Å². The highest BCUT2D eigenvalue weighted by Crippen LogP contribution is 2.15. The number of aliphatic hydroxyl groups is 1. The first-order valence-corrected chi connectivity index (χ1v) is 3.45. The molecule has 0 radical (unpaired) electrons. The zero-order valence-electron chi connectivity index (χ0n) is 6.43. The van der Waals surface area contributed by atoms with Crippen molar-refractivity contribution in [2.75, 3.05) is 26.4 Å². The van der Waals surface area contributed by atoms with Gasteiger partial charge in [-0.25, -0.2) is 0 Å². The fourth-order valence-corrected chi connectivity index (χ4v) is 0.515. The van der Waals surface area contributed by atoms with E-state index < -0.39 is 13.0 Å². The van der Waals surface area contributed by atoms with Crippen molar-refractivity contribution < 1.29 is 27.8 Å². The molecular weight excluding hydrogens is 177 g/mol. The lowest BCUT2D eigenvalue weighted by atomic mass is 10.5. The van der Waals surface area contributed by atoms with Crippen LogP contribution in [0.15, 0.2) is 0 Å². The molecule has 0 aromatic heterocycles. The Kier molecular flexibility index (Phi) is 6.04. The first-order chi connectivity index (χ1) is 5.56. The standard InChI is InChI=1S/C6H11F3O3/c7-6(8,9)12-4-1-3-11-5-2-10/h10H,1-5H2. The number of aliphatic hydroxyl groups excluding tert-OH is 1. The zero-order chi connectivity index (χ0) is 9.45. The summed E-state index contributed by atoms with van der Waals surface area (Å²) in [5.74, 6) is 0. The van der Waals surface area contributed by atoms with Gasteiger partial charge in [-0.2, -0.15) is 0 Å². The predicted molar refractivity (Wildman–Crippen MR) is 34.5 cm³/mol. The Morgan fingerprint density at radius 2 is 1.75 bits per heavy atom. The van der Waals surface area contributed by atoms with Crippen molar-refractivity contribution in [3.05, 3.63) is 0 Å². The maximum Gasteiger partial charge on any atom is 0.522 e. The minimum atomic E-state index is -4.56. The van der Waals surface area contributed by atoms with Crippen LogP contribution >= 0.6 is 0 Å². The first-order valence-electron chi connectivity index (χ1n) is 3.45. The molecule has 0 aliphatic carbocycles. The average molecular weight is 188 g/mol. The van der Waals surface area contributed by atoms with Gasteiger partial charge in [-0.05, 0) is 6.42 Å². The molecule has 0 spiro atoms. The van der Waals surface area contributed by atoms with Crippen LogP contribution in [0.5, 0.6) is 0 Å². The summed E-state index contributed by atoms with van der Waals surface area (Å²) in [5, 5.41) is 8.22. The van der Waals surface area contributed by atoms with E-state index in [1.807, 2.05) is 0 Å². The number of hydrogen-bond donors (Lipinski definition) is 1. The zero-order valence-corrected chi connectivity index (χ0v) is 6.43. The van der Waals surface area contributed by atoms with Gasteiger partial charge in [0, 0.05) is 6.61 Å². The molecule has 12 heavy (non-hydrogen) atoms. The lowest BCUT2D eigenvalue weighted by Gasteiger charge is -2.06. The molecule has 0 aromatic rings. The number of ether oxygens (including phenoxy) is 2. The van der Waals surface area contributed by atoms with Crippen molar-refractivity contribution >= 4 is 0 Å². The largest absolute Gasteiger partial charge is 0.522 e. The monoisotopic (exact) mass is 188 g/mol. The molecule has 0 saturated carbocycles. The summed E-state index contributed by atoms with van der Waals surface area (Å²) in [7, 11) is 0. The molecule has 3 nitrogen and oxygen atoms in total. The second kappa shape index (κ2) is 6.22. The van der Waals surface area contributed by atoms with Crippen LogP contribution in [0.3, 0.4) is 0 Å². The van der Waals surface area contributed by atoms with Crippen LogP contribution in [-0.2, 0) is 9.47 Å². The molecule has 1 N–H and O–H groups in total. The quantitative estimate of drug-likeness (QED) is 0.630. The molecular formula is C6H11F3O3. The van der Waals surface area contributed by atoms with E-state index in [0.717, 1.165) is 0 Å². The maximum atomic E-state index is 11.3. The average Bonchev–Trinajstić information content (AvgIpc) is 1.94. The van der Waals surface area contributed by atoms with E-state index in [2.05, 4.69) is 4.74 Å². The van der Waals surface area contributed by atoms with Crippen molar-refractivity contribution in [3.8, 4) is 0 Å². The summed E-state index contributed by atoms with van der Waals surface area (Å²) in [6.45, 7) is -0.224. The molecule has 0 rings (SSSR count). The molecule has 0 saturated heterocycles. The van der Waals surface area contributed by atoms with Gasteiger partial charge in [0.05, 0.1) is 19.8 Å². The van der Waals surface area contributed by atoms with Crippen LogP contribution in [0.4, 0.5) is 13.2 Å². The Hall–Kier alpha value is -0.330. The third kappa shape index (κ3) is 9.67. The highest BCUT2D eigenvalue weighted by atomic mass is 19.4. The van der Waals surface area contributed by atoms with Gasteiger partial charge in [-0.1, -0.05) is 0 Å². The molecule has 6 heteroatoms. The highest BCUT2D eigenvalue weighted by Gasteiger charge is 2.28. The number of hydrogen-bond acceptors (Lipinski definition) is 3. The van der Waals surface area contributed by atoms with Crippen LogP contribution in [0.1, 0.15) is 6.42 Å². The lowest BCUT2D eigenvalue weighted by molar-refractivity contribution is -0.325. The Labute approximate surface area is 68.1 Å². The van der Waals surface area contributed by atoms with Crippen molar-refractivity contribution in [2.24, 2.45) is 0 Å². The smallest absolute Gasteiger partial charge is 0.394 e. The SMILES string of the molecule is OCCOCCCOC(F)(F)F. The summed E-state index contributed by atoms with van der Waals surface area (Å²) in [5.41, 5.74) is 0. The Bertz CT molecular complexity index is 105. The Balaban J connectivity index is 3.01. The molecule has 0 fully saturated rings. The minimum absolute atomic E-state index is 0.125. The molecule has 0 atom stereocenters. The minimum Gasteiger partial charge on any atom is -0.394 e. The third-order valence-electron chi connectivity index (χ3n) is 0.934. The first kappa shape index (κ1) is 11.7. The molecule has 0 aliphatic rings. The highest BCUT2D eigenvalue weighted by molar-refractivity contribution is 4.36. The van der Waals surface area contributed by atoms with Gasteiger partial charge in [0.15, 0.2) is 0 Å². The molecule has 0 aliphatic heterocycles. The fourth-order valence-electron chi connectivity index (χ4n) is 0.515. The van der Waals surface area contributed by atoms with E-state index in [1.165, 1.54) is 0 Å². The second-order valence-corrected chi connectivity index (χ2v) is 1.98. The summed E-state index contributed by atoms with van der Waals surface area (Å²) < 4.78 is 42.2. The summed E-state index contributed by atoms with van der Waals surface area (Å²) in [6.07, 6.45) is -4.39. The van der Waals surface area contributed by atoms with Gasteiger partial charge in [0.1, 0.15) is 0 Å². The lowest BCUT2D eigenvalue weighted by Crippen LogP contribution is -2.15. The van der Waals surface area contributed by atoms with Gasteiger partial charge in [0.2, 0.25) is 0 Å². The fraction of sp³-hybridized carbons (Fsp3) is 1.00. The molecule has 0 unspecified atom stereocenters. The molecule has 0 amide bonds. The topological polar surface area (TPSA) is 38.7 Å². The van der Waals surface area contributed by atoms with Gasteiger partial charge in [-0.15, -0.1) is 13.2 Å². The van der Waals surface area contributed by atoms with Crippen molar-refractivity contribution in [1.29, 1.82) is 0 Å². The van der Waals surface area contributed by atoms with Crippen LogP contribution < -0.4 is 0 Å². The van der Waals surface area contributed by atoms with E-state index in [0.29, 0.717) is 0 Å².